The van der Waals surface area contributed by atoms with Crippen LogP contribution < -0.4 is 0 Å². The zero-order chi connectivity index (χ0) is 48.6. The van der Waals surface area contributed by atoms with Crippen molar-refractivity contribution in [2.75, 3.05) is 13.2 Å². The topological polar surface area (TPSA) is 78.9 Å². The van der Waals surface area contributed by atoms with E-state index in [4.69, 9.17) is 14.2 Å². The third-order valence-corrected chi connectivity index (χ3v) is 12.8. The van der Waals surface area contributed by atoms with Crippen molar-refractivity contribution in [2.45, 2.75) is 309 Å². The van der Waals surface area contributed by atoms with Gasteiger partial charge in [-0.25, -0.2) is 0 Å². The molecular weight excluding hydrogens is 829 g/mol. The number of hydrogen-bond acceptors (Lipinski definition) is 6. The van der Waals surface area contributed by atoms with Gasteiger partial charge in [-0.2, -0.15) is 0 Å². The Labute approximate surface area is 416 Å². The Bertz CT molecular complexity index is 1170. The summed E-state index contributed by atoms with van der Waals surface area (Å²) in [5.41, 5.74) is 0. The summed E-state index contributed by atoms with van der Waals surface area (Å²) in [7, 11) is 0. The van der Waals surface area contributed by atoms with Gasteiger partial charge < -0.3 is 14.2 Å². The normalized spacial score (nSPS) is 12.3. The first-order valence-corrected chi connectivity index (χ1v) is 29.1. The van der Waals surface area contributed by atoms with E-state index in [1.807, 2.05) is 0 Å². The zero-order valence-electron chi connectivity index (χ0n) is 44.7. The SMILES string of the molecule is CCCCC/C=C\C/C=C\C/C=C\C/C=C\CCCCCC(=O)OC[C@H](COC(=O)CCCCCCCCCCCCCCCCCCC)OC(=O)CCCCCCCCCCCCCCC. The van der Waals surface area contributed by atoms with Gasteiger partial charge in [0.05, 0.1) is 0 Å². The van der Waals surface area contributed by atoms with E-state index in [1.165, 1.54) is 180 Å². The molecule has 0 rings (SSSR count). The van der Waals surface area contributed by atoms with Gasteiger partial charge in [0.15, 0.2) is 6.10 Å². The molecule has 390 valence electrons. The average molecular weight is 940 g/mol. The lowest BCUT2D eigenvalue weighted by molar-refractivity contribution is -0.167. The first-order chi connectivity index (χ1) is 33.0. The second-order valence-electron chi connectivity index (χ2n) is 19.6. The monoisotopic (exact) mass is 939 g/mol. The van der Waals surface area contributed by atoms with Crippen LogP contribution in [-0.4, -0.2) is 37.2 Å². The molecule has 0 radical (unpaired) electrons. The van der Waals surface area contributed by atoms with Gasteiger partial charge in [0, 0.05) is 19.3 Å². The smallest absolute Gasteiger partial charge is 0.306 e. The van der Waals surface area contributed by atoms with Gasteiger partial charge in [0.1, 0.15) is 13.2 Å². The maximum Gasteiger partial charge on any atom is 0.306 e. The minimum atomic E-state index is -0.782. The maximum atomic E-state index is 12.8. The van der Waals surface area contributed by atoms with E-state index in [1.54, 1.807) is 0 Å². The van der Waals surface area contributed by atoms with E-state index in [2.05, 4.69) is 69.4 Å². The summed E-state index contributed by atoms with van der Waals surface area (Å²) in [4.78, 5) is 38.1. The molecule has 0 aromatic heterocycles. The Morgan fingerprint density at radius 1 is 0.299 bits per heavy atom. The lowest BCUT2D eigenvalue weighted by atomic mass is 10.0. The molecule has 0 aliphatic carbocycles. The second-order valence-corrected chi connectivity index (χ2v) is 19.6. The summed E-state index contributed by atoms with van der Waals surface area (Å²) in [5.74, 6) is -0.894. The first kappa shape index (κ1) is 64.4. The highest BCUT2D eigenvalue weighted by atomic mass is 16.6. The number of unbranched alkanes of at least 4 members (excludes halogenated alkanes) is 34. The van der Waals surface area contributed by atoms with E-state index in [-0.39, 0.29) is 31.1 Å². The lowest BCUT2D eigenvalue weighted by Gasteiger charge is -2.18. The Kier molecular flexibility index (Phi) is 53.8. The molecule has 0 aliphatic rings. The van der Waals surface area contributed by atoms with Crippen molar-refractivity contribution in [3.63, 3.8) is 0 Å². The van der Waals surface area contributed by atoms with Gasteiger partial charge in [0.25, 0.3) is 0 Å². The summed E-state index contributed by atoms with van der Waals surface area (Å²) >= 11 is 0. The molecular formula is C61H110O6. The molecule has 0 spiro atoms. The van der Waals surface area contributed by atoms with Crippen LogP contribution in [-0.2, 0) is 28.6 Å². The van der Waals surface area contributed by atoms with E-state index in [0.717, 1.165) is 83.5 Å². The molecule has 0 heterocycles. The predicted molar refractivity (Wildman–Crippen MR) is 289 cm³/mol. The largest absolute Gasteiger partial charge is 0.462 e. The molecule has 0 aromatic carbocycles. The molecule has 67 heavy (non-hydrogen) atoms. The van der Waals surface area contributed by atoms with Gasteiger partial charge in [-0.05, 0) is 64.2 Å². The second kappa shape index (κ2) is 56.0. The van der Waals surface area contributed by atoms with Gasteiger partial charge in [-0.1, -0.05) is 268 Å². The highest BCUT2D eigenvalue weighted by Gasteiger charge is 2.19. The minimum absolute atomic E-state index is 0.0789. The molecule has 6 heteroatoms. The van der Waals surface area contributed by atoms with Crippen LogP contribution in [0, 0.1) is 0 Å². The number of rotatable bonds is 53. The summed E-state index contributed by atoms with van der Waals surface area (Å²) in [6.07, 6.45) is 68.1. The van der Waals surface area contributed by atoms with E-state index < -0.39 is 6.10 Å². The fourth-order valence-electron chi connectivity index (χ4n) is 8.43. The number of carbonyl (C=O) groups excluding carboxylic acids is 3. The first-order valence-electron chi connectivity index (χ1n) is 29.1. The van der Waals surface area contributed by atoms with Crippen molar-refractivity contribution in [1.29, 1.82) is 0 Å². The molecule has 0 amide bonds. The van der Waals surface area contributed by atoms with Crippen molar-refractivity contribution >= 4 is 17.9 Å². The molecule has 0 aliphatic heterocycles. The van der Waals surface area contributed by atoms with Crippen LogP contribution in [0.2, 0.25) is 0 Å². The number of carbonyl (C=O) groups is 3. The molecule has 0 aromatic rings. The Morgan fingerprint density at radius 3 is 0.866 bits per heavy atom. The van der Waals surface area contributed by atoms with Gasteiger partial charge in [-0.3, -0.25) is 14.4 Å². The molecule has 0 bridgehead atoms. The molecule has 0 N–H and O–H groups in total. The minimum Gasteiger partial charge on any atom is -0.462 e. The molecule has 0 fully saturated rings. The van der Waals surface area contributed by atoms with Crippen LogP contribution >= 0.6 is 0 Å². The van der Waals surface area contributed by atoms with E-state index >= 15 is 0 Å². The predicted octanol–water partition coefficient (Wildman–Crippen LogP) is 19.4. The molecule has 0 unspecified atom stereocenters. The highest BCUT2D eigenvalue weighted by Crippen LogP contribution is 2.16. The summed E-state index contributed by atoms with van der Waals surface area (Å²) < 4.78 is 16.9. The van der Waals surface area contributed by atoms with Crippen molar-refractivity contribution in [3.05, 3.63) is 48.6 Å². The average Bonchev–Trinajstić information content (AvgIpc) is 3.33. The Balaban J connectivity index is 4.38. The molecule has 0 saturated carbocycles. The van der Waals surface area contributed by atoms with Crippen LogP contribution in [0.25, 0.3) is 0 Å². The van der Waals surface area contributed by atoms with E-state index in [9.17, 15) is 14.4 Å². The number of ether oxygens (including phenoxy) is 3. The van der Waals surface area contributed by atoms with Crippen LogP contribution in [0.1, 0.15) is 303 Å². The number of hydrogen-bond donors (Lipinski definition) is 0. The van der Waals surface area contributed by atoms with Crippen LogP contribution in [0.15, 0.2) is 48.6 Å². The number of allylic oxidation sites excluding steroid dienone is 8. The van der Waals surface area contributed by atoms with Gasteiger partial charge >= 0.3 is 17.9 Å². The summed E-state index contributed by atoms with van der Waals surface area (Å²) in [6, 6.07) is 0. The van der Waals surface area contributed by atoms with E-state index in [0.29, 0.717) is 19.3 Å². The molecule has 1 atom stereocenters. The highest BCUT2D eigenvalue weighted by molar-refractivity contribution is 5.71. The van der Waals surface area contributed by atoms with Gasteiger partial charge in [0.2, 0.25) is 0 Å². The van der Waals surface area contributed by atoms with Crippen molar-refractivity contribution in [1.82, 2.24) is 0 Å². The molecule has 6 nitrogen and oxygen atoms in total. The standard InChI is InChI=1S/C61H110O6/c1-4-7-10-13-16-19-22-25-27-29-30-32-34-37-39-42-45-48-51-54-60(63)66-57-58(67-61(64)55-52-49-46-43-40-35-24-21-18-15-12-9-6-3)56-65-59(62)53-50-47-44-41-38-36-33-31-28-26-23-20-17-14-11-8-5-2/h16,19,25,27,30,32,37,39,58H,4-15,17-18,20-24,26,28-29,31,33-36,38,40-57H2,1-3H3/b19-16-,27-25-,32-30-,39-37-/t58-/m0/s1. The fraction of sp³-hybridized carbons (Fsp3) is 0.820. The quantitative estimate of drug-likeness (QED) is 0.0262. The lowest BCUT2D eigenvalue weighted by Crippen LogP contribution is -2.30. The fourth-order valence-corrected chi connectivity index (χ4v) is 8.43. The maximum absolute atomic E-state index is 12.8. The Morgan fingerprint density at radius 2 is 0.537 bits per heavy atom. The third kappa shape index (κ3) is 54.2. The summed E-state index contributed by atoms with van der Waals surface area (Å²) in [6.45, 7) is 6.62. The third-order valence-electron chi connectivity index (χ3n) is 12.8. The number of esters is 3. The Hall–Kier alpha value is -2.63. The summed E-state index contributed by atoms with van der Waals surface area (Å²) in [5, 5.41) is 0. The van der Waals surface area contributed by atoms with Gasteiger partial charge in [-0.15, -0.1) is 0 Å². The molecule has 0 saturated heterocycles. The van der Waals surface area contributed by atoms with Crippen LogP contribution in [0.5, 0.6) is 0 Å². The van der Waals surface area contributed by atoms with Crippen molar-refractivity contribution < 1.29 is 28.6 Å². The van der Waals surface area contributed by atoms with Crippen molar-refractivity contribution in [2.24, 2.45) is 0 Å². The van der Waals surface area contributed by atoms with Crippen LogP contribution in [0.3, 0.4) is 0 Å². The zero-order valence-corrected chi connectivity index (χ0v) is 44.7. The van der Waals surface area contributed by atoms with Crippen LogP contribution in [0.4, 0.5) is 0 Å². The van der Waals surface area contributed by atoms with Crippen molar-refractivity contribution in [3.8, 4) is 0 Å².